The number of halogens is 2. The van der Waals surface area contributed by atoms with Crippen molar-refractivity contribution in [3.05, 3.63) is 71.4 Å². The van der Waals surface area contributed by atoms with Crippen molar-refractivity contribution in [3.8, 4) is 5.82 Å². The Balaban J connectivity index is 1.38. The molecule has 0 aliphatic carbocycles. The highest BCUT2D eigenvalue weighted by Crippen LogP contribution is 2.21. The van der Waals surface area contributed by atoms with Crippen LogP contribution in [0.15, 0.2) is 48.9 Å². The molecule has 0 saturated carbocycles. The molecule has 1 atom stereocenters. The van der Waals surface area contributed by atoms with Crippen molar-refractivity contribution in [1.29, 1.82) is 0 Å². The van der Waals surface area contributed by atoms with E-state index in [1.807, 2.05) is 19.1 Å². The molecule has 10 heteroatoms. The SMILES string of the molecule is CCC(C/C=C(\C)c1ccc(NC(=O)c2cnn(-c3ccc(C(F)F)cn3)c2C)cn1)N1CCOCC1. The number of carbonyl (C=O) groups is 1. The molecule has 196 valence electrons. The number of hydrogen-bond acceptors (Lipinski definition) is 6. The third kappa shape index (κ3) is 6.44. The zero-order valence-corrected chi connectivity index (χ0v) is 21.3. The maximum absolute atomic E-state index is 12.9. The Hall–Kier alpha value is -3.50. The first kappa shape index (κ1) is 26.6. The van der Waals surface area contributed by atoms with Crippen molar-refractivity contribution in [2.45, 2.75) is 46.1 Å². The Bertz CT molecular complexity index is 1220. The average Bonchev–Trinajstić information content (AvgIpc) is 3.31. The van der Waals surface area contributed by atoms with Crippen molar-refractivity contribution >= 4 is 17.2 Å². The summed E-state index contributed by atoms with van der Waals surface area (Å²) in [5.74, 6) is 0.0132. The topological polar surface area (TPSA) is 85.2 Å². The summed E-state index contributed by atoms with van der Waals surface area (Å²) < 4.78 is 32.5. The minimum Gasteiger partial charge on any atom is -0.379 e. The molecule has 0 radical (unpaired) electrons. The summed E-state index contributed by atoms with van der Waals surface area (Å²) in [4.78, 5) is 23.9. The van der Waals surface area contributed by atoms with Gasteiger partial charge in [0.1, 0.15) is 0 Å². The second-order valence-electron chi connectivity index (χ2n) is 9.03. The number of allylic oxidation sites excluding steroid dienone is 1. The van der Waals surface area contributed by atoms with Gasteiger partial charge >= 0.3 is 0 Å². The lowest BCUT2D eigenvalue weighted by atomic mass is 10.0. The summed E-state index contributed by atoms with van der Waals surface area (Å²) in [7, 11) is 0. The molecule has 1 saturated heterocycles. The molecule has 1 amide bonds. The first-order chi connectivity index (χ1) is 17.9. The number of pyridine rings is 2. The van der Waals surface area contributed by atoms with Crippen LogP contribution in [0.5, 0.6) is 0 Å². The fourth-order valence-corrected chi connectivity index (χ4v) is 4.35. The van der Waals surface area contributed by atoms with Crippen LogP contribution >= 0.6 is 0 Å². The molecule has 0 bridgehead atoms. The number of anilines is 1. The first-order valence-corrected chi connectivity index (χ1v) is 12.4. The third-order valence-electron chi connectivity index (χ3n) is 6.65. The monoisotopic (exact) mass is 510 g/mol. The molecule has 4 rings (SSSR count). The molecule has 1 N–H and O–H groups in total. The van der Waals surface area contributed by atoms with Crippen molar-refractivity contribution < 1.29 is 18.3 Å². The maximum atomic E-state index is 12.9. The number of ether oxygens (including phenoxy) is 1. The molecule has 0 aromatic carbocycles. The van der Waals surface area contributed by atoms with E-state index >= 15 is 0 Å². The van der Waals surface area contributed by atoms with Gasteiger partial charge in [-0.25, -0.2) is 18.4 Å². The maximum Gasteiger partial charge on any atom is 0.265 e. The lowest BCUT2D eigenvalue weighted by Gasteiger charge is -2.33. The minimum atomic E-state index is -2.59. The summed E-state index contributed by atoms with van der Waals surface area (Å²) in [6, 6.07) is 6.94. The Morgan fingerprint density at radius 1 is 1.14 bits per heavy atom. The lowest BCUT2D eigenvalue weighted by molar-refractivity contribution is 0.0164. The van der Waals surface area contributed by atoms with Gasteiger partial charge in [-0.3, -0.25) is 14.7 Å². The molecule has 37 heavy (non-hydrogen) atoms. The van der Waals surface area contributed by atoms with Gasteiger partial charge in [0.15, 0.2) is 5.82 Å². The number of carbonyl (C=O) groups excluding carboxylic acids is 1. The van der Waals surface area contributed by atoms with E-state index in [-0.39, 0.29) is 11.5 Å². The van der Waals surface area contributed by atoms with E-state index in [9.17, 15) is 13.6 Å². The summed E-state index contributed by atoms with van der Waals surface area (Å²) in [5, 5.41) is 7.05. The fraction of sp³-hybridized carbons (Fsp3) is 0.407. The standard InChI is InChI=1S/C27H32F2N6O2/c1-4-22(34-11-13-37-14-12-34)8-5-18(2)24-9-7-21(16-30-24)33-27(36)23-17-32-35(19(23)3)25-10-6-20(15-31-25)26(28)29/h5-7,9-10,15-17,22,26H,4,8,11-14H2,1-3H3,(H,33,36)/b18-5+. The highest BCUT2D eigenvalue weighted by molar-refractivity contribution is 6.04. The summed E-state index contributed by atoms with van der Waals surface area (Å²) in [6.07, 6.45) is 5.83. The van der Waals surface area contributed by atoms with E-state index in [2.05, 4.69) is 38.3 Å². The van der Waals surface area contributed by atoms with Crippen LogP contribution in [0.1, 0.15) is 60.4 Å². The Morgan fingerprint density at radius 3 is 2.54 bits per heavy atom. The van der Waals surface area contributed by atoms with Crippen LogP contribution < -0.4 is 5.32 Å². The van der Waals surface area contributed by atoms with E-state index < -0.39 is 6.43 Å². The largest absolute Gasteiger partial charge is 0.379 e. The zero-order chi connectivity index (χ0) is 26.4. The normalized spacial score (nSPS) is 15.7. The minimum absolute atomic E-state index is 0.171. The molecule has 1 aliphatic heterocycles. The second kappa shape index (κ2) is 12.2. The third-order valence-corrected chi connectivity index (χ3v) is 6.65. The predicted molar refractivity (Wildman–Crippen MR) is 138 cm³/mol. The molecule has 1 aliphatic rings. The van der Waals surface area contributed by atoms with Crippen molar-refractivity contribution in [1.82, 2.24) is 24.6 Å². The Morgan fingerprint density at radius 2 is 1.92 bits per heavy atom. The summed E-state index contributed by atoms with van der Waals surface area (Å²) >= 11 is 0. The molecule has 3 aromatic rings. The van der Waals surface area contributed by atoms with Gasteiger partial charge < -0.3 is 10.1 Å². The van der Waals surface area contributed by atoms with Crippen molar-refractivity contribution in [2.24, 2.45) is 0 Å². The van der Waals surface area contributed by atoms with Crippen LogP contribution in [0.2, 0.25) is 0 Å². The number of aromatic nitrogens is 4. The van der Waals surface area contributed by atoms with Gasteiger partial charge in [-0.15, -0.1) is 0 Å². The second-order valence-corrected chi connectivity index (χ2v) is 9.03. The molecule has 0 spiro atoms. The fourth-order valence-electron chi connectivity index (χ4n) is 4.35. The van der Waals surface area contributed by atoms with E-state index in [1.54, 1.807) is 13.1 Å². The van der Waals surface area contributed by atoms with Crippen LogP contribution in [0.3, 0.4) is 0 Å². The van der Waals surface area contributed by atoms with E-state index in [4.69, 9.17) is 4.74 Å². The molecular weight excluding hydrogens is 478 g/mol. The molecule has 1 unspecified atom stereocenters. The van der Waals surface area contributed by atoms with Crippen molar-refractivity contribution in [3.63, 3.8) is 0 Å². The van der Waals surface area contributed by atoms with Gasteiger partial charge in [0.05, 0.1) is 48.2 Å². The Labute approximate surface area is 215 Å². The lowest BCUT2D eigenvalue weighted by Crippen LogP contribution is -2.43. The molecule has 1 fully saturated rings. The number of rotatable bonds is 9. The molecule has 8 nitrogen and oxygen atoms in total. The van der Waals surface area contributed by atoms with Crippen LogP contribution in [0.25, 0.3) is 11.4 Å². The first-order valence-electron chi connectivity index (χ1n) is 12.4. The van der Waals surface area contributed by atoms with E-state index in [0.717, 1.165) is 56.6 Å². The number of nitrogens with zero attached hydrogens (tertiary/aromatic N) is 5. The van der Waals surface area contributed by atoms with Gasteiger partial charge in [-0.2, -0.15) is 5.10 Å². The number of morpholine rings is 1. The average molecular weight is 511 g/mol. The highest BCUT2D eigenvalue weighted by Gasteiger charge is 2.19. The van der Waals surface area contributed by atoms with E-state index in [1.165, 1.54) is 23.0 Å². The van der Waals surface area contributed by atoms with Crippen LogP contribution in [0, 0.1) is 6.92 Å². The number of hydrogen-bond donors (Lipinski definition) is 1. The number of amides is 1. The van der Waals surface area contributed by atoms with Gasteiger partial charge in [-0.1, -0.05) is 13.0 Å². The molecule has 3 aromatic heterocycles. The van der Waals surface area contributed by atoms with Gasteiger partial charge in [-0.05, 0) is 56.5 Å². The van der Waals surface area contributed by atoms with Gasteiger partial charge in [0, 0.05) is 30.9 Å². The van der Waals surface area contributed by atoms with Gasteiger partial charge in [0.2, 0.25) is 0 Å². The zero-order valence-electron chi connectivity index (χ0n) is 21.3. The molecular formula is C27H32F2N6O2. The Kier molecular flexibility index (Phi) is 8.73. The quantitative estimate of drug-likeness (QED) is 0.433. The van der Waals surface area contributed by atoms with Crippen LogP contribution in [-0.4, -0.2) is 62.9 Å². The van der Waals surface area contributed by atoms with E-state index in [0.29, 0.717) is 28.8 Å². The van der Waals surface area contributed by atoms with Crippen LogP contribution in [0.4, 0.5) is 14.5 Å². The predicted octanol–water partition coefficient (Wildman–Crippen LogP) is 5.06. The van der Waals surface area contributed by atoms with Crippen LogP contribution in [-0.2, 0) is 4.74 Å². The van der Waals surface area contributed by atoms with Crippen molar-refractivity contribution in [2.75, 3.05) is 31.6 Å². The number of alkyl halides is 2. The highest BCUT2D eigenvalue weighted by atomic mass is 19.3. The summed E-state index contributed by atoms with van der Waals surface area (Å²) in [5.41, 5.74) is 3.24. The number of nitrogens with one attached hydrogen (secondary N) is 1. The van der Waals surface area contributed by atoms with Gasteiger partial charge in [0.25, 0.3) is 12.3 Å². The summed E-state index contributed by atoms with van der Waals surface area (Å²) in [6.45, 7) is 9.51. The smallest absolute Gasteiger partial charge is 0.265 e. The molecule has 4 heterocycles.